The number of fused-ring (bicyclic) bond motifs is 2. The number of hydrogen-bond acceptors (Lipinski definition) is 5. The lowest BCUT2D eigenvalue weighted by Crippen LogP contribution is -2.11. The predicted molar refractivity (Wildman–Crippen MR) is 97.4 cm³/mol. The highest BCUT2D eigenvalue weighted by Crippen LogP contribution is 2.27. The summed E-state index contributed by atoms with van der Waals surface area (Å²) in [4.78, 5) is 31.1. The molecule has 2 heterocycles. The van der Waals surface area contributed by atoms with E-state index in [1.807, 2.05) is 12.1 Å². The standard InChI is InChI=1S/C19H12N4O3/c24-18-12-5-1-2-6-14(12)21-17(19(25)26)16(18)23-22-15-7-3-4-11-8-9-20-10-13(11)15/h1-10H,(H,21,24)(H,25,26). The molecule has 4 aromatic rings. The molecule has 0 atom stereocenters. The molecule has 2 N–H and O–H groups in total. The van der Waals surface area contributed by atoms with E-state index >= 15 is 0 Å². The first-order valence-electron chi connectivity index (χ1n) is 7.78. The van der Waals surface area contributed by atoms with Crippen LogP contribution in [-0.4, -0.2) is 21.0 Å². The molecule has 0 saturated carbocycles. The Hall–Kier alpha value is -3.87. The number of aromatic nitrogens is 2. The van der Waals surface area contributed by atoms with Gasteiger partial charge in [0, 0.05) is 23.2 Å². The quantitative estimate of drug-likeness (QED) is 0.543. The number of rotatable bonds is 3. The average molecular weight is 344 g/mol. The summed E-state index contributed by atoms with van der Waals surface area (Å²) in [5, 5.41) is 19.6. The van der Waals surface area contributed by atoms with Crippen LogP contribution in [0.1, 0.15) is 10.5 Å². The van der Waals surface area contributed by atoms with Gasteiger partial charge in [0.1, 0.15) is 0 Å². The second-order valence-electron chi connectivity index (χ2n) is 5.60. The first-order chi connectivity index (χ1) is 12.6. The van der Waals surface area contributed by atoms with Gasteiger partial charge < -0.3 is 10.1 Å². The molecule has 0 spiro atoms. The lowest BCUT2D eigenvalue weighted by Gasteiger charge is -2.04. The van der Waals surface area contributed by atoms with Gasteiger partial charge in [0.25, 0.3) is 0 Å². The number of carboxylic acid groups (broad SMARTS) is 1. The van der Waals surface area contributed by atoms with E-state index in [2.05, 4.69) is 20.2 Å². The molecule has 0 aliphatic heterocycles. The van der Waals surface area contributed by atoms with Crippen molar-refractivity contribution < 1.29 is 9.90 Å². The van der Waals surface area contributed by atoms with Crippen molar-refractivity contribution in [2.24, 2.45) is 10.2 Å². The van der Waals surface area contributed by atoms with Crippen LogP contribution in [0.5, 0.6) is 0 Å². The number of aromatic amines is 1. The van der Waals surface area contributed by atoms with Crippen LogP contribution in [0.2, 0.25) is 0 Å². The van der Waals surface area contributed by atoms with E-state index in [1.165, 1.54) is 0 Å². The Morgan fingerprint density at radius 1 is 1.00 bits per heavy atom. The SMILES string of the molecule is O=C(O)c1[nH]c2ccccc2c(=O)c1N=Nc1cccc2ccncc12. The van der Waals surface area contributed by atoms with Crippen molar-refractivity contribution >= 4 is 39.0 Å². The van der Waals surface area contributed by atoms with Gasteiger partial charge in [-0.1, -0.05) is 24.3 Å². The van der Waals surface area contributed by atoms with Crippen LogP contribution in [0.4, 0.5) is 11.4 Å². The number of H-pyrrole nitrogens is 1. The number of aromatic carboxylic acids is 1. The van der Waals surface area contributed by atoms with E-state index in [0.29, 0.717) is 16.6 Å². The molecule has 126 valence electrons. The average Bonchev–Trinajstić information content (AvgIpc) is 2.67. The number of carbonyl (C=O) groups is 1. The van der Waals surface area contributed by atoms with Gasteiger partial charge >= 0.3 is 5.97 Å². The predicted octanol–water partition coefficient (Wildman–Crippen LogP) is 4.19. The number of hydrogen-bond donors (Lipinski definition) is 2. The van der Waals surface area contributed by atoms with E-state index in [-0.39, 0.29) is 11.4 Å². The van der Waals surface area contributed by atoms with Crippen LogP contribution in [0.3, 0.4) is 0 Å². The van der Waals surface area contributed by atoms with Crippen molar-refractivity contribution in [3.63, 3.8) is 0 Å². The van der Waals surface area contributed by atoms with E-state index in [0.717, 1.165) is 10.8 Å². The lowest BCUT2D eigenvalue weighted by atomic mass is 10.1. The second kappa shape index (κ2) is 6.21. The van der Waals surface area contributed by atoms with Crippen molar-refractivity contribution in [1.29, 1.82) is 0 Å². The highest BCUT2D eigenvalue weighted by Gasteiger charge is 2.17. The normalized spacial score (nSPS) is 11.4. The Kier molecular flexibility index (Phi) is 3.74. The third kappa shape index (κ3) is 2.61. The molecule has 0 aliphatic carbocycles. The van der Waals surface area contributed by atoms with Crippen molar-refractivity contribution in [2.45, 2.75) is 0 Å². The summed E-state index contributed by atoms with van der Waals surface area (Å²) in [6.07, 6.45) is 3.31. The number of benzene rings is 2. The number of para-hydroxylation sites is 1. The largest absolute Gasteiger partial charge is 0.477 e. The Balaban J connectivity index is 1.92. The molecule has 0 radical (unpaired) electrons. The molecule has 0 aliphatic rings. The Morgan fingerprint density at radius 2 is 1.85 bits per heavy atom. The van der Waals surface area contributed by atoms with Crippen LogP contribution in [0.25, 0.3) is 21.7 Å². The zero-order valence-corrected chi connectivity index (χ0v) is 13.4. The highest BCUT2D eigenvalue weighted by molar-refractivity contribution is 5.96. The molecule has 0 bridgehead atoms. The maximum atomic E-state index is 12.7. The molecular formula is C19H12N4O3. The Morgan fingerprint density at radius 3 is 2.69 bits per heavy atom. The first-order valence-corrected chi connectivity index (χ1v) is 7.78. The number of nitrogens with zero attached hydrogens (tertiary/aromatic N) is 3. The molecular weight excluding hydrogens is 332 g/mol. The van der Waals surface area contributed by atoms with E-state index in [1.54, 1.807) is 48.8 Å². The molecule has 7 nitrogen and oxygen atoms in total. The monoisotopic (exact) mass is 344 g/mol. The minimum atomic E-state index is -1.28. The lowest BCUT2D eigenvalue weighted by molar-refractivity contribution is 0.0692. The first kappa shape index (κ1) is 15.6. The fraction of sp³-hybridized carbons (Fsp3) is 0. The maximum Gasteiger partial charge on any atom is 0.354 e. The summed E-state index contributed by atoms with van der Waals surface area (Å²) in [7, 11) is 0. The topological polar surface area (TPSA) is 108 Å². The van der Waals surface area contributed by atoms with Gasteiger partial charge in [-0.25, -0.2) is 4.79 Å². The molecule has 2 aromatic carbocycles. The fourth-order valence-corrected chi connectivity index (χ4v) is 2.76. The minimum Gasteiger partial charge on any atom is -0.477 e. The van der Waals surface area contributed by atoms with Crippen LogP contribution < -0.4 is 5.43 Å². The van der Waals surface area contributed by atoms with Gasteiger partial charge in [-0.3, -0.25) is 9.78 Å². The van der Waals surface area contributed by atoms with E-state index < -0.39 is 11.4 Å². The molecule has 0 fully saturated rings. The summed E-state index contributed by atoms with van der Waals surface area (Å²) >= 11 is 0. The van der Waals surface area contributed by atoms with Crippen LogP contribution in [0, 0.1) is 0 Å². The Labute approximate surface area is 146 Å². The number of pyridine rings is 2. The molecule has 0 unspecified atom stereocenters. The molecule has 7 heteroatoms. The summed E-state index contributed by atoms with van der Waals surface area (Å²) in [6, 6.07) is 13.9. The van der Waals surface area contributed by atoms with Crippen molar-refractivity contribution in [3.8, 4) is 0 Å². The summed E-state index contributed by atoms with van der Waals surface area (Å²) < 4.78 is 0. The van der Waals surface area contributed by atoms with Crippen molar-refractivity contribution in [1.82, 2.24) is 9.97 Å². The summed E-state index contributed by atoms with van der Waals surface area (Å²) in [5.41, 5.74) is -0.0884. The maximum absolute atomic E-state index is 12.7. The molecule has 26 heavy (non-hydrogen) atoms. The smallest absolute Gasteiger partial charge is 0.354 e. The number of carboxylic acids is 1. The molecule has 0 saturated heterocycles. The molecule has 0 amide bonds. The van der Waals surface area contributed by atoms with E-state index in [4.69, 9.17) is 0 Å². The van der Waals surface area contributed by atoms with Gasteiger partial charge in [-0.2, -0.15) is 0 Å². The zero-order valence-electron chi connectivity index (χ0n) is 13.4. The number of azo groups is 1. The molecule has 2 aromatic heterocycles. The minimum absolute atomic E-state index is 0.239. The second-order valence-corrected chi connectivity index (χ2v) is 5.60. The van der Waals surface area contributed by atoms with Crippen molar-refractivity contribution in [3.05, 3.63) is 76.8 Å². The zero-order chi connectivity index (χ0) is 18.1. The van der Waals surface area contributed by atoms with Gasteiger partial charge in [-0.15, -0.1) is 10.2 Å². The molecule has 4 rings (SSSR count). The van der Waals surface area contributed by atoms with Gasteiger partial charge in [-0.05, 0) is 29.7 Å². The van der Waals surface area contributed by atoms with Gasteiger partial charge in [0.2, 0.25) is 5.43 Å². The van der Waals surface area contributed by atoms with E-state index in [9.17, 15) is 14.7 Å². The van der Waals surface area contributed by atoms with Gasteiger partial charge in [0.05, 0.1) is 11.2 Å². The highest BCUT2D eigenvalue weighted by atomic mass is 16.4. The van der Waals surface area contributed by atoms with Crippen molar-refractivity contribution in [2.75, 3.05) is 0 Å². The van der Waals surface area contributed by atoms with Crippen LogP contribution in [0.15, 0.2) is 75.9 Å². The fourth-order valence-electron chi connectivity index (χ4n) is 2.76. The third-order valence-electron chi connectivity index (χ3n) is 4.02. The van der Waals surface area contributed by atoms with Gasteiger partial charge in [0.15, 0.2) is 11.4 Å². The summed E-state index contributed by atoms with van der Waals surface area (Å²) in [6.45, 7) is 0. The summed E-state index contributed by atoms with van der Waals surface area (Å²) in [5.74, 6) is -1.28. The third-order valence-corrected chi connectivity index (χ3v) is 4.02. The van der Waals surface area contributed by atoms with Crippen LogP contribution in [-0.2, 0) is 0 Å². The Bertz CT molecular complexity index is 1240. The van der Waals surface area contributed by atoms with Crippen LogP contribution >= 0.6 is 0 Å². The number of nitrogens with one attached hydrogen (secondary N) is 1.